The number of halogens is 1. The number of fused-ring (bicyclic) bond motifs is 1. The smallest absolute Gasteiger partial charge is 0.328 e. The number of carbonyl (C=O) groups excluding carboxylic acids is 1. The summed E-state index contributed by atoms with van der Waals surface area (Å²) in [6.45, 7) is 3.91. The van der Waals surface area contributed by atoms with Crippen molar-refractivity contribution in [1.82, 2.24) is 19.3 Å². The number of methoxy groups -OCH3 is 1. The quantitative estimate of drug-likeness (QED) is 0.606. The lowest BCUT2D eigenvalue weighted by atomic mass is 10.2. The second kappa shape index (κ2) is 6.47. The lowest BCUT2D eigenvalue weighted by Gasteiger charge is -2.15. The molecule has 0 radical (unpaired) electrons. The van der Waals surface area contributed by atoms with Crippen LogP contribution in [0.1, 0.15) is 37.8 Å². The zero-order chi connectivity index (χ0) is 15.6. The first kappa shape index (κ1) is 15.8. The Morgan fingerprint density at radius 1 is 1.43 bits per heavy atom. The Hall–Kier alpha value is -1.56. The van der Waals surface area contributed by atoms with Crippen molar-refractivity contribution in [2.75, 3.05) is 13.0 Å². The first-order valence-electron chi connectivity index (χ1n) is 7.11. The van der Waals surface area contributed by atoms with Crippen molar-refractivity contribution in [3.63, 3.8) is 0 Å². The molecule has 2 rings (SSSR count). The molecule has 0 saturated carbocycles. The van der Waals surface area contributed by atoms with Crippen LogP contribution in [-0.2, 0) is 29.4 Å². The van der Waals surface area contributed by atoms with Crippen molar-refractivity contribution in [2.45, 2.75) is 39.2 Å². The number of ether oxygens (including phenoxy) is 1. The second-order valence-corrected chi connectivity index (χ2v) is 5.41. The minimum atomic E-state index is -0.455. The molecule has 2 aromatic heterocycles. The van der Waals surface area contributed by atoms with Gasteiger partial charge in [-0.15, -0.1) is 11.6 Å². The van der Waals surface area contributed by atoms with E-state index in [0.717, 1.165) is 35.5 Å². The monoisotopic (exact) mass is 312 g/mol. The Labute approximate surface area is 129 Å². The van der Waals surface area contributed by atoms with E-state index >= 15 is 0 Å². The topological polar surface area (TPSA) is 61.9 Å². The molecule has 0 bridgehead atoms. The summed E-state index contributed by atoms with van der Waals surface area (Å²) in [5.74, 6) is 0.944. The number of rotatable bonds is 6. The lowest BCUT2D eigenvalue weighted by molar-refractivity contribution is -0.144. The predicted octanol–water partition coefficient (Wildman–Crippen LogP) is 2.24. The van der Waals surface area contributed by atoms with Gasteiger partial charge in [0.05, 0.1) is 12.8 Å². The summed E-state index contributed by atoms with van der Waals surface area (Å²) >= 11 is 5.87. The van der Waals surface area contributed by atoms with E-state index in [1.165, 1.54) is 7.11 Å². The molecule has 0 fully saturated rings. The third-order valence-electron chi connectivity index (χ3n) is 3.54. The minimum Gasteiger partial charge on any atom is -0.467 e. The van der Waals surface area contributed by atoms with Crippen molar-refractivity contribution in [3.8, 4) is 0 Å². The Kier molecular flexibility index (Phi) is 4.88. The van der Waals surface area contributed by atoms with Crippen LogP contribution >= 0.6 is 11.6 Å². The van der Waals surface area contributed by atoms with Crippen molar-refractivity contribution in [2.24, 2.45) is 7.05 Å². The average molecular weight is 313 g/mol. The van der Waals surface area contributed by atoms with Crippen LogP contribution < -0.4 is 0 Å². The first-order valence-corrected chi connectivity index (χ1v) is 7.65. The number of carbonyl (C=O) groups is 1. The molecule has 0 aliphatic rings. The van der Waals surface area contributed by atoms with Gasteiger partial charge in [0.1, 0.15) is 17.4 Å². The van der Waals surface area contributed by atoms with Crippen LogP contribution in [0.25, 0.3) is 11.2 Å². The Balaban J connectivity index is 2.64. The summed E-state index contributed by atoms with van der Waals surface area (Å²) in [6.07, 6.45) is 2.46. The van der Waals surface area contributed by atoms with Crippen LogP contribution in [0.2, 0.25) is 0 Å². The number of aromatic nitrogens is 4. The van der Waals surface area contributed by atoms with E-state index in [0.29, 0.717) is 12.3 Å². The lowest BCUT2D eigenvalue weighted by Crippen LogP contribution is -2.21. The highest BCUT2D eigenvalue weighted by atomic mass is 35.5. The van der Waals surface area contributed by atoms with E-state index in [1.807, 2.05) is 11.6 Å². The molecule has 2 heterocycles. The Morgan fingerprint density at radius 3 is 2.71 bits per heavy atom. The summed E-state index contributed by atoms with van der Waals surface area (Å²) < 4.78 is 8.53. The Bertz CT molecular complexity index is 647. The first-order chi connectivity index (χ1) is 10.0. The molecule has 7 heteroatoms. The van der Waals surface area contributed by atoms with Gasteiger partial charge in [0.2, 0.25) is 0 Å². The Morgan fingerprint density at radius 2 is 2.14 bits per heavy atom. The molecule has 0 aromatic carbocycles. The van der Waals surface area contributed by atoms with Crippen LogP contribution in [0.5, 0.6) is 0 Å². The van der Waals surface area contributed by atoms with E-state index in [9.17, 15) is 4.79 Å². The van der Waals surface area contributed by atoms with Crippen LogP contribution in [0.3, 0.4) is 0 Å². The van der Waals surface area contributed by atoms with Gasteiger partial charge in [-0.25, -0.2) is 9.78 Å². The van der Waals surface area contributed by atoms with Crippen molar-refractivity contribution < 1.29 is 9.53 Å². The molecule has 2 aromatic rings. The zero-order valence-electron chi connectivity index (χ0n) is 12.9. The standard InChI is InChI=1S/C14H21ClN4O2/c1-5-6-10-12-13(18(3)17-10)19(9(2)14(20)21-4)11(16-12)7-8-15/h9H,5-8H2,1-4H3. The number of esters is 1. The third-order valence-corrected chi connectivity index (χ3v) is 3.73. The van der Waals surface area contributed by atoms with Gasteiger partial charge < -0.3 is 4.74 Å². The summed E-state index contributed by atoms with van der Waals surface area (Å²) in [6, 6.07) is -0.455. The molecule has 0 saturated heterocycles. The van der Waals surface area contributed by atoms with E-state index in [-0.39, 0.29) is 5.97 Å². The maximum absolute atomic E-state index is 11.9. The fourth-order valence-electron chi connectivity index (χ4n) is 2.60. The number of nitrogens with zero attached hydrogens (tertiary/aromatic N) is 4. The van der Waals surface area contributed by atoms with E-state index < -0.39 is 6.04 Å². The summed E-state index contributed by atoms with van der Waals surface area (Å²) in [5.41, 5.74) is 2.66. The number of aryl methyl sites for hydroxylation is 3. The van der Waals surface area contributed by atoms with Crippen molar-refractivity contribution in [1.29, 1.82) is 0 Å². The fraction of sp³-hybridized carbons (Fsp3) is 0.643. The van der Waals surface area contributed by atoms with Crippen molar-refractivity contribution >= 4 is 28.7 Å². The molecular weight excluding hydrogens is 292 g/mol. The summed E-state index contributed by atoms with van der Waals surface area (Å²) in [7, 11) is 3.26. The van der Waals surface area contributed by atoms with Gasteiger partial charge in [-0.1, -0.05) is 13.3 Å². The van der Waals surface area contributed by atoms with Crippen LogP contribution in [0.4, 0.5) is 0 Å². The van der Waals surface area contributed by atoms with E-state index in [2.05, 4.69) is 17.0 Å². The maximum Gasteiger partial charge on any atom is 0.328 e. The van der Waals surface area contributed by atoms with Gasteiger partial charge >= 0.3 is 5.97 Å². The highest BCUT2D eigenvalue weighted by Crippen LogP contribution is 2.25. The maximum atomic E-state index is 11.9. The molecule has 0 N–H and O–H groups in total. The third kappa shape index (κ3) is 2.77. The average Bonchev–Trinajstić information content (AvgIpc) is 2.97. The molecule has 1 unspecified atom stereocenters. The molecule has 0 aliphatic carbocycles. The normalized spacial score (nSPS) is 12.8. The van der Waals surface area contributed by atoms with Gasteiger partial charge in [-0.2, -0.15) is 5.10 Å². The van der Waals surface area contributed by atoms with Gasteiger partial charge in [-0.3, -0.25) is 9.25 Å². The molecule has 116 valence electrons. The zero-order valence-corrected chi connectivity index (χ0v) is 13.6. The van der Waals surface area contributed by atoms with Crippen LogP contribution in [0, 0.1) is 0 Å². The van der Waals surface area contributed by atoms with Crippen molar-refractivity contribution in [3.05, 3.63) is 11.5 Å². The highest BCUT2D eigenvalue weighted by molar-refractivity contribution is 6.17. The number of alkyl halides is 1. The molecule has 1 atom stereocenters. The fourth-order valence-corrected chi connectivity index (χ4v) is 2.77. The van der Waals surface area contributed by atoms with Crippen LogP contribution in [0.15, 0.2) is 0 Å². The number of imidazole rings is 1. The highest BCUT2D eigenvalue weighted by Gasteiger charge is 2.25. The minimum absolute atomic E-state index is 0.302. The molecule has 0 amide bonds. The van der Waals surface area contributed by atoms with Crippen LogP contribution in [-0.4, -0.2) is 38.3 Å². The molecular formula is C14H21ClN4O2. The van der Waals surface area contributed by atoms with Gasteiger partial charge in [0.25, 0.3) is 0 Å². The molecule has 0 spiro atoms. The summed E-state index contributed by atoms with van der Waals surface area (Å²) in [5, 5.41) is 4.52. The number of hydrogen-bond acceptors (Lipinski definition) is 4. The number of hydrogen-bond donors (Lipinski definition) is 0. The molecule has 6 nitrogen and oxygen atoms in total. The largest absolute Gasteiger partial charge is 0.467 e. The second-order valence-electron chi connectivity index (χ2n) is 5.03. The van der Waals surface area contributed by atoms with Gasteiger partial charge in [-0.05, 0) is 13.3 Å². The van der Waals surface area contributed by atoms with E-state index in [4.69, 9.17) is 16.3 Å². The summed E-state index contributed by atoms with van der Waals surface area (Å²) in [4.78, 5) is 16.6. The SMILES string of the molecule is CCCc1nn(C)c2c1nc(CCCl)n2C(C)C(=O)OC. The van der Waals surface area contributed by atoms with Gasteiger partial charge in [0, 0.05) is 19.3 Å². The molecule has 21 heavy (non-hydrogen) atoms. The molecule has 0 aliphatic heterocycles. The van der Waals surface area contributed by atoms with Gasteiger partial charge in [0.15, 0.2) is 5.65 Å². The van der Waals surface area contributed by atoms with E-state index in [1.54, 1.807) is 11.6 Å². The predicted molar refractivity (Wildman–Crippen MR) is 81.6 cm³/mol.